The predicted octanol–water partition coefficient (Wildman–Crippen LogP) is 2.33. The Bertz CT molecular complexity index is 858. The molecular weight excluding hydrogens is 450 g/mol. The molecule has 0 aliphatic carbocycles. The summed E-state index contributed by atoms with van der Waals surface area (Å²) in [4.78, 5) is 39.8. The van der Waals surface area contributed by atoms with Gasteiger partial charge in [0.05, 0.1) is 13.2 Å². The normalized spacial score (nSPS) is 24.0. The minimum Gasteiger partial charge on any atom is -0.449 e. The first kappa shape index (κ1) is 27.5. The summed E-state index contributed by atoms with van der Waals surface area (Å²) in [6.45, 7) is 5.43. The highest BCUT2D eigenvalue weighted by Gasteiger charge is 2.53. The van der Waals surface area contributed by atoms with Crippen molar-refractivity contribution in [3.05, 3.63) is 22.7 Å². The minimum absolute atomic E-state index is 0.0365. The molecule has 3 N–H and O–H groups in total. The number of aromatic nitrogens is 2. The van der Waals surface area contributed by atoms with E-state index in [2.05, 4.69) is 10.3 Å². The molecule has 12 heteroatoms. The second-order valence-corrected chi connectivity index (χ2v) is 8.28. The maximum absolute atomic E-state index is 12.5. The third kappa shape index (κ3) is 7.67. The van der Waals surface area contributed by atoms with Crippen LogP contribution in [0.15, 0.2) is 17.1 Å². The molecule has 0 spiro atoms. The monoisotopic (exact) mass is 485 g/mol. The van der Waals surface area contributed by atoms with Crippen LogP contribution in [0.25, 0.3) is 0 Å². The molecule has 1 amide bonds. The van der Waals surface area contributed by atoms with Gasteiger partial charge in [-0.3, -0.25) is 9.88 Å². The van der Waals surface area contributed by atoms with Crippen LogP contribution in [0.5, 0.6) is 0 Å². The van der Waals surface area contributed by atoms with Crippen LogP contribution in [-0.2, 0) is 18.9 Å². The fourth-order valence-electron chi connectivity index (χ4n) is 3.40. The molecular formula is C22H35N3O9. The number of hydrogen-bond acceptors (Lipinski definition) is 10. The zero-order valence-electron chi connectivity index (χ0n) is 19.9. The molecule has 2 rings (SSSR count). The average Bonchev–Trinajstić information content (AvgIpc) is 3.02. The van der Waals surface area contributed by atoms with Gasteiger partial charge in [-0.15, -0.1) is 0 Å². The average molecular weight is 486 g/mol. The highest BCUT2D eigenvalue weighted by Crippen LogP contribution is 2.37. The zero-order valence-corrected chi connectivity index (χ0v) is 19.9. The van der Waals surface area contributed by atoms with Crippen molar-refractivity contribution in [2.75, 3.05) is 25.1 Å². The number of hydrogen-bond donors (Lipinski definition) is 3. The summed E-state index contributed by atoms with van der Waals surface area (Å²) in [6.07, 6.45) is 0.989. The van der Waals surface area contributed by atoms with E-state index in [1.54, 1.807) is 0 Å². The van der Waals surface area contributed by atoms with Crippen molar-refractivity contribution >= 4 is 18.1 Å². The summed E-state index contributed by atoms with van der Waals surface area (Å²) in [5.74, 6) is -0.0365. The van der Waals surface area contributed by atoms with Gasteiger partial charge in [-0.25, -0.2) is 14.4 Å². The Morgan fingerprint density at radius 2 is 1.79 bits per heavy atom. The molecule has 0 radical (unpaired) electrons. The first-order chi connectivity index (χ1) is 16.2. The molecule has 1 aliphatic rings. The van der Waals surface area contributed by atoms with E-state index in [1.165, 1.54) is 19.2 Å². The van der Waals surface area contributed by atoms with E-state index in [0.29, 0.717) is 6.42 Å². The Morgan fingerprint density at radius 1 is 1.15 bits per heavy atom. The van der Waals surface area contributed by atoms with Gasteiger partial charge in [0.15, 0.2) is 6.23 Å². The van der Waals surface area contributed by atoms with Crippen molar-refractivity contribution in [1.82, 2.24) is 9.55 Å². The van der Waals surface area contributed by atoms with Crippen molar-refractivity contribution in [1.29, 1.82) is 0 Å². The summed E-state index contributed by atoms with van der Waals surface area (Å²) in [5.41, 5.74) is -2.73. The van der Waals surface area contributed by atoms with E-state index in [-0.39, 0.29) is 25.6 Å². The largest absolute Gasteiger partial charge is 0.508 e. The number of nitrogens with one attached hydrogen (secondary N) is 1. The highest BCUT2D eigenvalue weighted by molar-refractivity contribution is 5.83. The number of unbranched alkanes of at least 4 members (excludes halogenated alkanes) is 4. The Hall–Kier alpha value is -2.70. The van der Waals surface area contributed by atoms with Crippen LogP contribution in [0.1, 0.15) is 65.5 Å². The van der Waals surface area contributed by atoms with E-state index in [9.17, 15) is 24.6 Å². The van der Waals surface area contributed by atoms with Gasteiger partial charge >= 0.3 is 17.9 Å². The molecule has 12 nitrogen and oxygen atoms in total. The number of aliphatic hydroxyl groups is 2. The zero-order chi connectivity index (χ0) is 25.1. The number of amides is 1. The molecule has 34 heavy (non-hydrogen) atoms. The van der Waals surface area contributed by atoms with Gasteiger partial charge in [-0.1, -0.05) is 39.5 Å². The van der Waals surface area contributed by atoms with Crippen molar-refractivity contribution in [3.63, 3.8) is 0 Å². The minimum atomic E-state index is -1.89. The van der Waals surface area contributed by atoms with Gasteiger partial charge < -0.3 is 29.2 Å². The van der Waals surface area contributed by atoms with Gasteiger partial charge in [0.25, 0.3) is 0 Å². The van der Waals surface area contributed by atoms with Crippen LogP contribution in [-0.4, -0.2) is 69.6 Å². The van der Waals surface area contributed by atoms with Gasteiger partial charge in [-0.05, 0) is 25.8 Å². The molecule has 0 aromatic carbocycles. The Labute approximate surface area is 198 Å². The van der Waals surface area contributed by atoms with Crippen LogP contribution in [0.2, 0.25) is 0 Å². The number of nitrogens with zero attached hydrogens (tertiary/aromatic N) is 2. The van der Waals surface area contributed by atoms with Crippen molar-refractivity contribution in [2.45, 2.75) is 83.3 Å². The smallest absolute Gasteiger partial charge is 0.449 e. The lowest BCUT2D eigenvalue weighted by molar-refractivity contribution is -0.0993. The summed E-state index contributed by atoms with van der Waals surface area (Å²) >= 11 is 0. The first-order valence-corrected chi connectivity index (χ1v) is 11.6. The van der Waals surface area contributed by atoms with Crippen molar-refractivity contribution in [2.24, 2.45) is 0 Å². The highest BCUT2D eigenvalue weighted by atomic mass is 16.7. The van der Waals surface area contributed by atoms with Crippen molar-refractivity contribution in [3.8, 4) is 0 Å². The molecule has 0 bridgehead atoms. The molecule has 1 saturated heterocycles. The van der Waals surface area contributed by atoms with Crippen LogP contribution in [0.3, 0.4) is 0 Å². The third-order valence-electron chi connectivity index (χ3n) is 5.38. The molecule has 0 unspecified atom stereocenters. The lowest BCUT2D eigenvalue weighted by Crippen LogP contribution is -2.46. The number of anilines is 1. The lowest BCUT2D eigenvalue weighted by Gasteiger charge is -2.27. The van der Waals surface area contributed by atoms with Gasteiger partial charge in [-0.2, -0.15) is 4.98 Å². The lowest BCUT2D eigenvalue weighted by atomic mass is 9.96. The van der Waals surface area contributed by atoms with Crippen LogP contribution in [0, 0.1) is 0 Å². The van der Waals surface area contributed by atoms with Gasteiger partial charge in [0, 0.05) is 6.20 Å². The van der Waals surface area contributed by atoms with Gasteiger partial charge in [0.2, 0.25) is 0 Å². The molecule has 2 heterocycles. The van der Waals surface area contributed by atoms with E-state index in [1.807, 2.05) is 13.8 Å². The SMILES string of the molecule is CCCCCOC(=O)Nc1ccn([C@@H]2O[C@H](COC(=O)OCCCCC)[C@@H](O)[C@@]2(C)O)c(=O)n1. The van der Waals surface area contributed by atoms with Crippen LogP contribution in [0.4, 0.5) is 15.4 Å². The van der Waals surface area contributed by atoms with E-state index >= 15 is 0 Å². The fraction of sp³-hybridized carbons (Fsp3) is 0.727. The molecule has 4 atom stereocenters. The third-order valence-corrected chi connectivity index (χ3v) is 5.38. The Kier molecular flexibility index (Phi) is 10.7. The number of rotatable bonds is 12. The summed E-state index contributed by atoms with van der Waals surface area (Å²) in [5, 5.41) is 23.6. The van der Waals surface area contributed by atoms with E-state index < -0.39 is 42.0 Å². The first-order valence-electron chi connectivity index (χ1n) is 11.6. The quantitative estimate of drug-likeness (QED) is 0.296. The Balaban J connectivity index is 1.95. The maximum Gasteiger partial charge on any atom is 0.508 e. The second kappa shape index (κ2) is 13.3. The fourth-order valence-corrected chi connectivity index (χ4v) is 3.40. The summed E-state index contributed by atoms with van der Waals surface area (Å²) in [7, 11) is 0. The van der Waals surface area contributed by atoms with Crippen LogP contribution < -0.4 is 11.0 Å². The van der Waals surface area contributed by atoms with E-state index in [4.69, 9.17) is 18.9 Å². The number of carbonyl (C=O) groups excluding carboxylic acids is 2. The molecule has 0 saturated carbocycles. The number of carbonyl (C=O) groups is 2. The van der Waals surface area contributed by atoms with Crippen LogP contribution >= 0.6 is 0 Å². The predicted molar refractivity (Wildman–Crippen MR) is 120 cm³/mol. The molecule has 1 aromatic rings. The summed E-state index contributed by atoms with van der Waals surface area (Å²) < 4.78 is 21.5. The number of aliphatic hydroxyl groups excluding tert-OH is 1. The second-order valence-electron chi connectivity index (χ2n) is 8.28. The summed E-state index contributed by atoms with van der Waals surface area (Å²) in [6, 6.07) is 1.33. The van der Waals surface area contributed by atoms with E-state index in [0.717, 1.165) is 36.7 Å². The van der Waals surface area contributed by atoms with Crippen molar-refractivity contribution < 1.29 is 38.7 Å². The maximum atomic E-state index is 12.5. The molecule has 1 fully saturated rings. The molecule has 1 aliphatic heterocycles. The molecule has 1 aromatic heterocycles. The van der Waals surface area contributed by atoms with Gasteiger partial charge in [0.1, 0.15) is 30.2 Å². The Morgan fingerprint density at radius 3 is 2.41 bits per heavy atom. The number of ether oxygens (including phenoxy) is 4. The molecule has 192 valence electrons. The standard InChI is InChI=1S/C22H35N3O9/c1-4-6-8-12-31-20(28)24-16-10-11-25(19(27)23-16)18-22(3,30)17(26)15(34-18)14-33-21(29)32-13-9-7-5-2/h10-11,15,17-18,26,30H,4-9,12-14H2,1-3H3,(H,23,24,27,28)/t15-,17-,18-,22-/m1/s1. The topological polar surface area (TPSA) is 158 Å².